The minimum atomic E-state index is -0.520. The number of nitrogens with two attached hydrogens (primary N) is 2. The van der Waals surface area contributed by atoms with Crippen LogP contribution in [-0.2, 0) is 4.79 Å². The lowest BCUT2D eigenvalue weighted by molar-refractivity contribution is -0.118. The number of anilines is 1. The van der Waals surface area contributed by atoms with E-state index in [0.717, 1.165) is 0 Å². The predicted molar refractivity (Wildman–Crippen MR) is 108 cm³/mol. The Morgan fingerprint density at radius 3 is 2.52 bits per heavy atom. The van der Waals surface area contributed by atoms with E-state index in [2.05, 4.69) is 0 Å². The Morgan fingerprint density at radius 2 is 1.93 bits per heavy atom. The second kappa shape index (κ2) is 9.29. The lowest BCUT2D eigenvalue weighted by Crippen LogP contribution is -2.16. The van der Waals surface area contributed by atoms with E-state index in [4.69, 9.17) is 39.4 Å². The lowest BCUT2D eigenvalue weighted by atomic mass is 9.86. The molecule has 0 radical (unpaired) electrons. The summed E-state index contributed by atoms with van der Waals surface area (Å²) in [4.78, 5) is 11.1. The smallest absolute Gasteiger partial charge is 0.217 e. The van der Waals surface area contributed by atoms with Crippen LogP contribution in [0.2, 0.25) is 10.0 Å². The summed E-state index contributed by atoms with van der Waals surface area (Å²) in [5.41, 5.74) is 11.8. The number of benzene rings is 2. The number of carbonyl (C=O) groups is 1. The minimum Gasteiger partial charge on any atom is -0.453 e. The van der Waals surface area contributed by atoms with E-state index in [-0.39, 0.29) is 34.9 Å². The third-order valence-electron chi connectivity index (χ3n) is 4.44. The van der Waals surface area contributed by atoms with Crippen molar-refractivity contribution in [1.82, 2.24) is 0 Å². The fourth-order valence-electron chi connectivity index (χ4n) is 3.07. The second-order valence-corrected chi connectivity index (χ2v) is 7.50. The van der Waals surface area contributed by atoms with Crippen molar-refractivity contribution in [2.45, 2.75) is 39.0 Å². The van der Waals surface area contributed by atoms with Gasteiger partial charge < -0.3 is 16.2 Å². The average molecular weight is 413 g/mol. The lowest BCUT2D eigenvalue weighted by Gasteiger charge is -2.21. The zero-order chi connectivity index (χ0) is 20.1. The summed E-state index contributed by atoms with van der Waals surface area (Å²) >= 11 is 12.2. The van der Waals surface area contributed by atoms with Gasteiger partial charge in [-0.2, -0.15) is 0 Å². The number of hydrogen-bond acceptors (Lipinski definition) is 3. The van der Waals surface area contributed by atoms with E-state index in [1.165, 1.54) is 6.07 Å². The molecular weight excluding hydrogens is 390 g/mol. The molecule has 0 heterocycles. The summed E-state index contributed by atoms with van der Waals surface area (Å²) in [5.74, 6) is -0.651. The number of halogens is 3. The number of primary amides is 1. The van der Waals surface area contributed by atoms with Crippen LogP contribution in [-0.4, -0.2) is 5.91 Å². The van der Waals surface area contributed by atoms with Gasteiger partial charge in [0, 0.05) is 12.5 Å². The topological polar surface area (TPSA) is 78.3 Å². The van der Waals surface area contributed by atoms with Crippen LogP contribution in [0.3, 0.4) is 0 Å². The highest BCUT2D eigenvalue weighted by atomic mass is 35.5. The fourth-order valence-corrected chi connectivity index (χ4v) is 3.43. The van der Waals surface area contributed by atoms with Gasteiger partial charge in [-0.05, 0) is 48.4 Å². The van der Waals surface area contributed by atoms with Crippen LogP contribution >= 0.6 is 23.2 Å². The molecule has 0 aromatic heterocycles. The van der Waals surface area contributed by atoms with Gasteiger partial charge in [-0.15, -0.1) is 0 Å². The normalized spacial score (nSPS) is 13.2. The molecule has 27 heavy (non-hydrogen) atoms. The molecule has 0 spiro atoms. The molecule has 146 valence electrons. The molecule has 2 aromatic carbocycles. The van der Waals surface area contributed by atoms with Crippen LogP contribution in [0.5, 0.6) is 11.5 Å². The summed E-state index contributed by atoms with van der Waals surface area (Å²) in [7, 11) is 0. The monoisotopic (exact) mass is 412 g/mol. The van der Waals surface area contributed by atoms with Crippen molar-refractivity contribution >= 4 is 34.8 Å². The number of nitrogen functional groups attached to an aromatic ring is 1. The first kappa shape index (κ1) is 21.3. The van der Waals surface area contributed by atoms with Gasteiger partial charge in [0.05, 0.1) is 15.7 Å². The van der Waals surface area contributed by atoms with E-state index in [9.17, 15) is 4.79 Å². The number of rotatable bonds is 8. The zero-order valence-electron chi connectivity index (χ0n) is 15.3. The third kappa shape index (κ3) is 5.50. The van der Waals surface area contributed by atoms with E-state index in [1.54, 1.807) is 24.3 Å². The molecule has 0 aliphatic carbocycles. The SMILES string of the molecule is CC[C@@H](C[C@@H](C)CC(N)=O)c1ccc(Cl)c(Oc2ccc(N)c(Cl)c2)c1F. The van der Waals surface area contributed by atoms with Gasteiger partial charge in [-0.3, -0.25) is 4.79 Å². The first-order valence-electron chi connectivity index (χ1n) is 8.72. The molecule has 2 atom stereocenters. The summed E-state index contributed by atoms with van der Waals surface area (Å²) in [6.45, 7) is 3.89. The van der Waals surface area contributed by atoms with Gasteiger partial charge in [0.15, 0.2) is 11.6 Å². The predicted octanol–water partition coefficient (Wildman–Crippen LogP) is 5.90. The van der Waals surface area contributed by atoms with Crippen molar-refractivity contribution in [3.8, 4) is 11.5 Å². The van der Waals surface area contributed by atoms with Crippen molar-refractivity contribution in [2.75, 3.05) is 5.73 Å². The van der Waals surface area contributed by atoms with Crippen LogP contribution in [0.4, 0.5) is 10.1 Å². The maximum absolute atomic E-state index is 15.2. The Bertz CT molecular complexity index is 830. The van der Waals surface area contributed by atoms with Gasteiger partial charge in [-0.25, -0.2) is 4.39 Å². The molecule has 2 rings (SSSR count). The molecule has 1 amide bonds. The van der Waals surface area contributed by atoms with Crippen LogP contribution < -0.4 is 16.2 Å². The molecule has 0 fully saturated rings. The van der Waals surface area contributed by atoms with E-state index in [1.807, 2.05) is 13.8 Å². The van der Waals surface area contributed by atoms with Gasteiger partial charge in [-0.1, -0.05) is 43.1 Å². The molecule has 2 aromatic rings. The molecule has 0 unspecified atom stereocenters. The summed E-state index contributed by atoms with van der Waals surface area (Å²) in [6.07, 6.45) is 1.60. The van der Waals surface area contributed by atoms with Gasteiger partial charge in [0.2, 0.25) is 5.91 Å². The molecule has 0 saturated heterocycles. The highest BCUT2D eigenvalue weighted by Gasteiger charge is 2.23. The standard InChI is InChI=1S/C20H23Cl2FN2O2/c1-3-12(8-11(2)9-18(25)26)14-5-6-15(21)20(19(14)23)27-13-4-7-17(24)16(22)10-13/h4-7,10-12H,3,8-9,24H2,1-2H3,(H2,25,26)/t11-,12+/m1/s1. The first-order valence-corrected chi connectivity index (χ1v) is 9.47. The molecular formula is C20H23Cl2FN2O2. The first-order chi connectivity index (χ1) is 12.7. The summed E-state index contributed by atoms with van der Waals surface area (Å²) in [6, 6.07) is 7.94. The van der Waals surface area contributed by atoms with Gasteiger partial charge >= 0.3 is 0 Å². The van der Waals surface area contributed by atoms with Gasteiger partial charge in [0.25, 0.3) is 0 Å². The summed E-state index contributed by atoms with van der Waals surface area (Å²) < 4.78 is 20.8. The summed E-state index contributed by atoms with van der Waals surface area (Å²) in [5, 5.41) is 0.469. The maximum Gasteiger partial charge on any atom is 0.217 e. The van der Waals surface area contributed by atoms with Crippen LogP contribution in [0.15, 0.2) is 30.3 Å². The quantitative estimate of drug-likeness (QED) is 0.529. The molecule has 0 aliphatic heterocycles. The highest BCUT2D eigenvalue weighted by Crippen LogP contribution is 2.39. The van der Waals surface area contributed by atoms with Gasteiger partial charge in [0.1, 0.15) is 5.75 Å². The number of ether oxygens (including phenoxy) is 1. The van der Waals surface area contributed by atoms with Crippen molar-refractivity contribution in [2.24, 2.45) is 11.7 Å². The molecule has 0 bridgehead atoms. The van der Waals surface area contributed by atoms with E-state index < -0.39 is 5.82 Å². The number of carbonyl (C=O) groups excluding carboxylic acids is 1. The Balaban J connectivity index is 2.32. The Labute approximate surface area is 168 Å². The van der Waals surface area contributed by atoms with Crippen molar-refractivity contribution < 1.29 is 13.9 Å². The molecule has 0 aliphatic rings. The molecule has 4 nitrogen and oxygen atoms in total. The minimum absolute atomic E-state index is 0.0443. The Morgan fingerprint density at radius 1 is 1.22 bits per heavy atom. The number of amides is 1. The van der Waals surface area contributed by atoms with Crippen molar-refractivity contribution in [3.63, 3.8) is 0 Å². The largest absolute Gasteiger partial charge is 0.453 e. The second-order valence-electron chi connectivity index (χ2n) is 6.68. The average Bonchev–Trinajstić information content (AvgIpc) is 2.59. The van der Waals surface area contributed by atoms with Crippen molar-refractivity contribution in [1.29, 1.82) is 0 Å². The third-order valence-corrected chi connectivity index (χ3v) is 5.06. The van der Waals surface area contributed by atoms with E-state index in [0.29, 0.717) is 34.9 Å². The van der Waals surface area contributed by atoms with Crippen LogP contribution in [0.25, 0.3) is 0 Å². The fraction of sp³-hybridized carbons (Fsp3) is 0.350. The molecule has 7 heteroatoms. The zero-order valence-corrected chi connectivity index (χ0v) is 16.8. The highest BCUT2D eigenvalue weighted by molar-refractivity contribution is 6.33. The maximum atomic E-state index is 15.2. The Kier molecular flexibility index (Phi) is 7.33. The molecule has 0 saturated carbocycles. The van der Waals surface area contributed by atoms with E-state index >= 15 is 4.39 Å². The van der Waals surface area contributed by atoms with Crippen molar-refractivity contribution in [3.05, 3.63) is 51.8 Å². The van der Waals surface area contributed by atoms with Crippen LogP contribution in [0, 0.1) is 11.7 Å². The number of hydrogen-bond donors (Lipinski definition) is 2. The Hall–Kier alpha value is -1.98. The molecule has 4 N–H and O–H groups in total. The van der Waals surface area contributed by atoms with Crippen LogP contribution in [0.1, 0.15) is 44.6 Å².